The van der Waals surface area contributed by atoms with Crippen molar-refractivity contribution >= 4 is 11.3 Å². The lowest BCUT2D eigenvalue weighted by atomic mass is 10.5. The molecule has 1 aliphatic carbocycles. The minimum atomic E-state index is 0.690. The topological polar surface area (TPSA) is 43.6 Å². The van der Waals surface area contributed by atoms with E-state index in [4.69, 9.17) is 0 Å². The van der Waals surface area contributed by atoms with Crippen LogP contribution in [0.15, 0.2) is 18.7 Å². The Morgan fingerprint density at radius 1 is 1.38 bits per heavy atom. The highest BCUT2D eigenvalue weighted by Gasteiger charge is 2.27. The number of imidazole rings is 1. The van der Waals surface area contributed by atoms with Crippen LogP contribution in [0.3, 0.4) is 0 Å². The predicted octanol–water partition coefficient (Wildman–Crippen LogP) is 1.60. The first-order chi connectivity index (χ1) is 6.43. The van der Waals surface area contributed by atoms with Gasteiger partial charge in [-0.25, -0.2) is 4.98 Å². The fourth-order valence-corrected chi connectivity index (χ4v) is 2.16. The summed E-state index contributed by atoms with van der Waals surface area (Å²) in [6.07, 6.45) is 7.93. The molecule has 0 N–H and O–H groups in total. The third-order valence-electron chi connectivity index (χ3n) is 2.08. The molecule has 66 valence electrons. The summed E-state index contributed by atoms with van der Waals surface area (Å²) < 4.78 is 1.89. The molecule has 5 heteroatoms. The van der Waals surface area contributed by atoms with Crippen LogP contribution in [0.25, 0.3) is 5.13 Å². The van der Waals surface area contributed by atoms with Crippen LogP contribution in [0.5, 0.6) is 0 Å². The van der Waals surface area contributed by atoms with Crippen LogP contribution >= 0.6 is 11.3 Å². The molecule has 1 aliphatic rings. The fourth-order valence-electron chi connectivity index (χ4n) is 1.20. The molecule has 0 saturated heterocycles. The Labute approximate surface area is 79.3 Å². The largest absolute Gasteiger partial charge is 0.280 e. The molecule has 0 aromatic carbocycles. The first-order valence-corrected chi connectivity index (χ1v) is 5.07. The van der Waals surface area contributed by atoms with E-state index in [0.717, 1.165) is 5.13 Å². The van der Waals surface area contributed by atoms with Crippen LogP contribution in [0.2, 0.25) is 0 Å². The summed E-state index contributed by atoms with van der Waals surface area (Å²) in [5.41, 5.74) is 0. The maximum absolute atomic E-state index is 4.15. The van der Waals surface area contributed by atoms with Crippen molar-refractivity contribution in [3.63, 3.8) is 0 Å². The van der Waals surface area contributed by atoms with Gasteiger partial charge in [0, 0.05) is 18.3 Å². The Hall–Kier alpha value is -1.23. The van der Waals surface area contributed by atoms with E-state index in [1.54, 1.807) is 23.9 Å². The van der Waals surface area contributed by atoms with Gasteiger partial charge in [0.25, 0.3) is 0 Å². The van der Waals surface area contributed by atoms with Gasteiger partial charge >= 0.3 is 0 Å². The molecule has 0 aliphatic heterocycles. The van der Waals surface area contributed by atoms with Crippen LogP contribution in [-0.4, -0.2) is 19.7 Å². The number of hydrogen-bond acceptors (Lipinski definition) is 4. The maximum atomic E-state index is 4.15. The van der Waals surface area contributed by atoms with Gasteiger partial charge < -0.3 is 0 Å². The van der Waals surface area contributed by atoms with Gasteiger partial charge in [-0.15, -0.1) is 10.2 Å². The van der Waals surface area contributed by atoms with Gasteiger partial charge in [-0.2, -0.15) is 0 Å². The number of nitrogens with zero attached hydrogens (tertiary/aromatic N) is 4. The molecule has 0 spiro atoms. The van der Waals surface area contributed by atoms with E-state index in [0.29, 0.717) is 5.92 Å². The zero-order valence-corrected chi connectivity index (χ0v) is 7.74. The molecule has 13 heavy (non-hydrogen) atoms. The average molecular weight is 192 g/mol. The van der Waals surface area contributed by atoms with Gasteiger partial charge in [-0.1, -0.05) is 11.3 Å². The van der Waals surface area contributed by atoms with Gasteiger partial charge in [-0.3, -0.25) is 4.57 Å². The van der Waals surface area contributed by atoms with Crippen molar-refractivity contribution in [3.8, 4) is 5.13 Å². The Bertz CT molecular complexity index is 401. The Morgan fingerprint density at radius 3 is 3.00 bits per heavy atom. The summed E-state index contributed by atoms with van der Waals surface area (Å²) in [6.45, 7) is 0. The first kappa shape index (κ1) is 7.20. The molecule has 0 amide bonds. The van der Waals surface area contributed by atoms with E-state index in [1.165, 1.54) is 17.8 Å². The lowest BCUT2D eigenvalue weighted by molar-refractivity contribution is 0.925. The molecule has 2 heterocycles. The smallest absolute Gasteiger partial charge is 0.217 e. The Balaban J connectivity index is 1.97. The van der Waals surface area contributed by atoms with E-state index in [9.17, 15) is 0 Å². The van der Waals surface area contributed by atoms with Gasteiger partial charge in [0.05, 0.1) is 0 Å². The van der Waals surface area contributed by atoms with Gasteiger partial charge in [0.1, 0.15) is 11.3 Å². The van der Waals surface area contributed by atoms with Crippen molar-refractivity contribution in [2.24, 2.45) is 0 Å². The summed E-state index contributed by atoms with van der Waals surface area (Å²) in [4.78, 5) is 3.97. The third-order valence-corrected chi connectivity index (χ3v) is 3.18. The van der Waals surface area contributed by atoms with Gasteiger partial charge in [0.15, 0.2) is 0 Å². The van der Waals surface area contributed by atoms with Crippen molar-refractivity contribution in [2.45, 2.75) is 18.8 Å². The second-order valence-electron chi connectivity index (χ2n) is 3.17. The van der Waals surface area contributed by atoms with Crippen LogP contribution in [0, 0.1) is 0 Å². The lowest BCUT2D eigenvalue weighted by Gasteiger charge is -1.89. The van der Waals surface area contributed by atoms with Crippen molar-refractivity contribution in [2.75, 3.05) is 0 Å². The minimum Gasteiger partial charge on any atom is -0.280 e. The normalized spacial score (nSPS) is 16.3. The summed E-state index contributed by atoms with van der Waals surface area (Å²) >= 11 is 1.66. The van der Waals surface area contributed by atoms with Crippen molar-refractivity contribution < 1.29 is 0 Å². The highest BCUT2D eigenvalue weighted by Crippen LogP contribution is 2.41. The van der Waals surface area contributed by atoms with Gasteiger partial charge in [-0.05, 0) is 12.8 Å². The number of aromatic nitrogens is 4. The second-order valence-corrected chi connectivity index (χ2v) is 4.15. The molecule has 3 rings (SSSR count). The Morgan fingerprint density at radius 2 is 2.31 bits per heavy atom. The molecule has 0 unspecified atom stereocenters. The third kappa shape index (κ3) is 1.25. The molecule has 0 bridgehead atoms. The van der Waals surface area contributed by atoms with Crippen molar-refractivity contribution in [3.05, 3.63) is 23.7 Å². The molecular weight excluding hydrogens is 184 g/mol. The molecule has 4 nitrogen and oxygen atoms in total. The van der Waals surface area contributed by atoms with Crippen molar-refractivity contribution in [1.82, 2.24) is 19.7 Å². The summed E-state index contributed by atoms with van der Waals surface area (Å²) in [6, 6.07) is 0. The maximum Gasteiger partial charge on any atom is 0.217 e. The quantitative estimate of drug-likeness (QED) is 0.726. The van der Waals surface area contributed by atoms with E-state index in [-0.39, 0.29) is 0 Å². The van der Waals surface area contributed by atoms with Crippen LogP contribution in [-0.2, 0) is 0 Å². The molecule has 1 fully saturated rings. The fraction of sp³-hybridized carbons (Fsp3) is 0.375. The van der Waals surface area contributed by atoms with E-state index >= 15 is 0 Å². The average Bonchev–Trinajstić information content (AvgIpc) is 2.72. The van der Waals surface area contributed by atoms with Crippen LogP contribution < -0.4 is 0 Å². The molecule has 0 radical (unpaired) electrons. The van der Waals surface area contributed by atoms with Crippen LogP contribution in [0.1, 0.15) is 23.8 Å². The lowest BCUT2D eigenvalue weighted by Crippen LogP contribution is -1.87. The second kappa shape index (κ2) is 2.63. The zero-order chi connectivity index (χ0) is 8.67. The summed E-state index contributed by atoms with van der Waals surface area (Å²) in [5, 5.41) is 10.4. The van der Waals surface area contributed by atoms with E-state index in [1.807, 2.05) is 10.8 Å². The highest BCUT2D eigenvalue weighted by molar-refractivity contribution is 7.13. The number of rotatable bonds is 2. The SMILES string of the molecule is c1cn(-c2nnc(C3CC3)s2)cn1. The highest BCUT2D eigenvalue weighted by atomic mass is 32.1. The molecule has 1 saturated carbocycles. The molecule has 0 atom stereocenters. The predicted molar refractivity (Wildman–Crippen MR) is 49.0 cm³/mol. The minimum absolute atomic E-state index is 0.690. The summed E-state index contributed by atoms with van der Waals surface area (Å²) in [5.74, 6) is 0.690. The zero-order valence-electron chi connectivity index (χ0n) is 6.92. The molecular formula is C8H8N4S. The molecule has 2 aromatic rings. The molecule has 2 aromatic heterocycles. The summed E-state index contributed by atoms with van der Waals surface area (Å²) in [7, 11) is 0. The van der Waals surface area contributed by atoms with E-state index in [2.05, 4.69) is 15.2 Å². The van der Waals surface area contributed by atoms with Gasteiger partial charge in [0.2, 0.25) is 5.13 Å². The monoisotopic (exact) mass is 192 g/mol. The van der Waals surface area contributed by atoms with E-state index < -0.39 is 0 Å². The standard InChI is InChI=1S/C8H8N4S/c1-2-6(1)7-10-11-8(13-7)12-4-3-9-5-12/h3-6H,1-2H2. The Kier molecular flexibility index (Phi) is 1.46. The number of hydrogen-bond donors (Lipinski definition) is 0. The van der Waals surface area contributed by atoms with Crippen molar-refractivity contribution in [1.29, 1.82) is 0 Å². The van der Waals surface area contributed by atoms with Crippen LogP contribution in [0.4, 0.5) is 0 Å². The first-order valence-electron chi connectivity index (χ1n) is 4.25.